The first-order valence-electron chi connectivity index (χ1n) is 6.82. The van der Waals surface area contributed by atoms with Crippen LogP contribution in [0.1, 0.15) is 39.5 Å². The Balaban J connectivity index is 2.42. The summed E-state index contributed by atoms with van der Waals surface area (Å²) in [4.78, 5) is 12.3. The number of hydrogen-bond acceptors (Lipinski definition) is 3. The molecule has 4 nitrogen and oxygen atoms in total. The van der Waals surface area contributed by atoms with Gasteiger partial charge in [0.25, 0.3) is 0 Å². The van der Waals surface area contributed by atoms with Crippen LogP contribution in [0.25, 0.3) is 0 Å². The number of hydrogen-bond donors (Lipinski definition) is 2. The highest BCUT2D eigenvalue weighted by molar-refractivity contribution is 5.83. The summed E-state index contributed by atoms with van der Waals surface area (Å²) in [6.07, 6.45) is 4.13. The van der Waals surface area contributed by atoms with Crippen LogP contribution in [0.15, 0.2) is 0 Å². The number of ether oxygens (including phenoxy) is 1. The fraction of sp³-hybridized carbons (Fsp3) is 0.923. The quantitative estimate of drug-likeness (QED) is 0.662. The highest BCUT2D eigenvalue weighted by Gasteiger charge is 2.38. The molecule has 0 aliphatic carbocycles. The number of piperidine rings is 1. The van der Waals surface area contributed by atoms with E-state index in [1.54, 1.807) is 0 Å². The third kappa shape index (κ3) is 4.28. The van der Waals surface area contributed by atoms with E-state index in [1.807, 2.05) is 6.92 Å². The van der Waals surface area contributed by atoms with Gasteiger partial charge in [-0.3, -0.25) is 4.79 Å². The van der Waals surface area contributed by atoms with Gasteiger partial charge in [-0.2, -0.15) is 0 Å². The summed E-state index contributed by atoms with van der Waals surface area (Å²) in [5.74, 6) is 0.200. The molecule has 1 aliphatic heterocycles. The molecule has 0 aromatic carbocycles. The van der Waals surface area contributed by atoms with Crippen molar-refractivity contribution in [3.05, 3.63) is 0 Å². The maximum absolute atomic E-state index is 12.3. The second-order valence-electron chi connectivity index (χ2n) is 4.76. The molecule has 100 valence electrons. The molecular formula is C13H26N2O2. The lowest BCUT2D eigenvalue weighted by Crippen LogP contribution is -2.51. The van der Waals surface area contributed by atoms with Crippen molar-refractivity contribution in [2.45, 2.75) is 39.5 Å². The van der Waals surface area contributed by atoms with Gasteiger partial charge in [0.05, 0.1) is 12.0 Å². The number of nitrogens with one attached hydrogen (secondary N) is 2. The van der Waals surface area contributed by atoms with Gasteiger partial charge in [-0.1, -0.05) is 13.3 Å². The molecule has 1 aliphatic rings. The van der Waals surface area contributed by atoms with E-state index in [2.05, 4.69) is 17.6 Å². The van der Waals surface area contributed by atoms with Crippen LogP contribution >= 0.6 is 0 Å². The van der Waals surface area contributed by atoms with Gasteiger partial charge in [0, 0.05) is 19.7 Å². The maximum Gasteiger partial charge on any atom is 0.227 e. The molecule has 1 heterocycles. The average molecular weight is 242 g/mol. The summed E-state index contributed by atoms with van der Waals surface area (Å²) in [5.41, 5.74) is -0.181. The molecule has 0 bridgehead atoms. The Kier molecular flexibility index (Phi) is 6.52. The summed E-state index contributed by atoms with van der Waals surface area (Å²) in [6.45, 7) is 7.90. The van der Waals surface area contributed by atoms with E-state index in [-0.39, 0.29) is 11.3 Å². The van der Waals surface area contributed by atoms with E-state index < -0.39 is 0 Å². The Hall–Kier alpha value is -0.610. The van der Waals surface area contributed by atoms with Gasteiger partial charge < -0.3 is 15.4 Å². The highest BCUT2D eigenvalue weighted by Crippen LogP contribution is 2.31. The molecule has 0 radical (unpaired) electrons. The smallest absolute Gasteiger partial charge is 0.227 e. The fourth-order valence-corrected chi connectivity index (χ4v) is 2.54. The van der Waals surface area contributed by atoms with Crippen LogP contribution in [0.5, 0.6) is 0 Å². The normalized spacial score (nSPS) is 24.6. The van der Waals surface area contributed by atoms with Crippen LogP contribution in [-0.2, 0) is 9.53 Å². The zero-order valence-electron chi connectivity index (χ0n) is 11.2. The summed E-state index contributed by atoms with van der Waals surface area (Å²) < 4.78 is 5.23. The van der Waals surface area contributed by atoms with Crippen LogP contribution in [-0.4, -0.2) is 38.8 Å². The van der Waals surface area contributed by atoms with Gasteiger partial charge in [-0.15, -0.1) is 0 Å². The van der Waals surface area contributed by atoms with Crippen LogP contribution in [0.4, 0.5) is 0 Å². The molecule has 1 saturated heterocycles. The molecule has 0 aromatic heterocycles. The lowest BCUT2D eigenvalue weighted by molar-refractivity contribution is -0.132. The second-order valence-corrected chi connectivity index (χ2v) is 4.76. The Morgan fingerprint density at radius 3 is 2.88 bits per heavy atom. The molecular weight excluding hydrogens is 216 g/mol. The maximum atomic E-state index is 12.3. The van der Waals surface area contributed by atoms with Gasteiger partial charge in [0.1, 0.15) is 0 Å². The minimum atomic E-state index is -0.181. The lowest BCUT2D eigenvalue weighted by atomic mass is 9.76. The van der Waals surface area contributed by atoms with Gasteiger partial charge in [-0.05, 0) is 32.7 Å². The molecule has 4 heteroatoms. The molecule has 1 unspecified atom stereocenters. The Bertz CT molecular complexity index is 220. The minimum Gasteiger partial charge on any atom is -0.380 e. The van der Waals surface area contributed by atoms with Gasteiger partial charge >= 0.3 is 0 Å². The standard InChI is InChI=1S/C13H26N2O2/c1-3-6-13(7-5-8-14-11-13)12(16)15-9-10-17-4-2/h14H,3-11H2,1-2H3,(H,15,16). The average Bonchev–Trinajstić information content (AvgIpc) is 2.36. The van der Waals surface area contributed by atoms with E-state index in [4.69, 9.17) is 4.74 Å². The SMILES string of the molecule is CCCC1(C(=O)NCCOCC)CCCNC1. The second kappa shape index (κ2) is 7.67. The van der Waals surface area contributed by atoms with Crippen molar-refractivity contribution < 1.29 is 9.53 Å². The molecule has 0 saturated carbocycles. The summed E-state index contributed by atoms with van der Waals surface area (Å²) in [7, 11) is 0. The zero-order chi connectivity index (χ0) is 12.6. The molecule has 1 atom stereocenters. The third-order valence-electron chi connectivity index (χ3n) is 3.42. The monoisotopic (exact) mass is 242 g/mol. The molecule has 1 fully saturated rings. The van der Waals surface area contributed by atoms with Crippen molar-refractivity contribution in [1.29, 1.82) is 0 Å². The van der Waals surface area contributed by atoms with Crippen LogP contribution in [0, 0.1) is 5.41 Å². The first kappa shape index (κ1) is 14.5. The summed E-state index contributed by atoms with van der Waals surface area (Å²) in [6, 6.07) is 0. The van der Waals surface area contributed by atoms with Crippen molar-refractivity contribution >= 4 is 5.91 Å². The van der Waals surface area contributed by atoms with Gasteiger partial charge in [0.15, 0.2) is 0 Å². The first-order chi connectivity index (χ1) is 8.25. The van der Waals surface area contributed by atoms with Crippen molar-refractivity contribution in [3.8, 4) is 0 Å². The van der Waals surface area contributed by atoms with E-state index in [0.717, 1.165) is 38.8 Å². The fourth-order valence-electron chi connectivity index (χ4n) is 2.54. The predicted molar refractivity (Wildman–Crippen MR) is 68.9 cm³/mol. The Morgan fingerprint density at radius 1 is 1.47 bits per heavy atom. The van der Waals surface area contributed by atoms with Crippen molar-refractivity contribution in [3.63, 3.8) is 0 Å². The van der Waals surface area contributed by atoms with Gasteiger partial charge in [0.2, 0.25) is 5.91 Å². The molecule has 0 spiro atoms. The molecule has 17 heavy (non-hydrogen) atoms. The number of carbonyl (C=O) groups is 1. The summed E-state index contributed by atoms with van der Waals surface area (Å²) in [5, 5.41) is 6.36. The van der Waals surface area contributed by atoms with Crippen molar-refractivity contribution in [2.75, 3.05) is 32.8 Å². The van der Waals surface area contributed by atoms with Crippen molar-refractivity contribution in [2.24, 2.45) is 5.41 Å². The third-order valence-corrected chi connectivity index (χ3v) is 3.42. The van der Waals surface area contributed by atoms with E-state index in [9.17, 15) is 4.79 Å². The molecule has 0 aromatic rings. The molecule has 1 rings (SSSR count). The van der Waals surface area contributed by atoms with Crippen LogP contribution in [0.2, 0.25) is 0 Å². The van der Waals surface area contributed by atoms with E-state index in [0.29, 0.717) is 19.8 Å². The van der Waals surface area contributed by atoms with E-state index in [1.165, 1.54) is 0 Å². The first-order valence-corrected chi connectivity index (χ1v) is 6.82. The predicted octanol–water partition coefficient (Wildman–Crippen LogP) is 1.31. The molecule has 2 N–H and O–H groups in total. The molecule has 1 amide bonds. The Labute approximate surface area is 104 Å². The van der Waals surface area contributed by atoms with E-state index >= 15 is 0 Å². The lowest BCUT2D eigenvalue weighted by Gasteiger charge is -2.36. The largest absolute Gasteiger partial charge is 0.380 e. The topological polar surface area (TPSA) is 50.4 Å². The highest BCUT2D eigenvalue weighted by atomic mass is 16.5. The number of amides is 1. The van der Waals surface area contributed by atoms with Gasteiger partial charge in [-0.25, -0.2) is 0 Å². The summed E-state index contributed by atoms with van der Waals surface area (Å²) >= 11 is 0. The van der Waals surface area contributed by atoms with Crippen molar-refractivity contribution in [1.82, 2.24) is 10.6 Å². The zero-order valence-corrected chi connectivity index (χ0v) is 11.2. The Morgan fingerprint density at radius 2 is 2.29 bits per heavy atom. The van der Waals surface area contributed by atoms with Crippen LogP contribution in [0.3, 0.4) is 0 Å². The van der Waals surface area contributed by atoms with Crippen LogP contribution < -0.4 is 10.6 Å². The number of carbonyl (C=O) groups excluding carboxylic acids is 1. The number of rotatable bonds is 7. The minimum absolute atomic E-state index is 0.181.